The molecule has 0 aliphatic carbocycles. The zero-order valence-corrected chi connectivity index (χ0v) is 20.6. The predicted octanol–water partition coefficient (Wildman–Crippen LogP) is 4.53. The van der Waals surface area contributed by atoms with Gasteiger partial charge in [0.15, 0.2) is 11.5 Å². The first kappa shape index (κ1) is 22.2. The molecule has 0 radical (unpaired) electrons. The highest BCUT2D eigenvalue weighted by Crippen LogP contribution is 2.35. The highest BCUT2D eigenvalue weighted by atomic mass is 15.2. The number of hydrogen-bond acceptors (Lipinski definition) is 6. The number of rotatable bonds is 5. The summed E-state index contributed by atoms with van der Waals surface area (Å²) in [6, 6.07) is 26.9. The van der Waals surface area contributed by atoms with Crippen molar-refractivity contribution in [1.29, 1.82) is 0 Å². The van der Waals surface area contributed by atoms with Gasteiger partial charge in [-0.05, 0) is 54.9 Å². The average Bonchev–Trinajstić information content (AvgIpc) is 3.52. The number of hydrogen-bond donors (Lipinski definition) is 2. The summed E-state index contributed by atoms with van der Waals surface area (Å²) >= 11 is 0. The van der Waals surface area contributed by atoms with Crippen LogP contribution in [0.5, 0.6) is 0 Å². The third-order valence-corrected chi connectivity index (χ3v) is 7.77. The zero-order chi connectivity index (χ0) is 24.8. The van der Waals surface area contributed by atoms with Crippen molar-refractivity contribution in [3.05, 3.63) is 90.6 Å². The van der Waals surface area contributed by atoms with Gasteiger partial charge in [-0.3, -0.25) is 9.47 Å². The number of nitrogen functional groups attached to an aromatic ring is 1. The van der Waals surface area contributed by atoms with E-state index in [4.69, 9.17) is 15.7 Å². The molecule has 7 rings (SSSR count). The van der Waals surface area contributed by atoms with Gasteiger partial charge in [-0.25, -0.2) is 15.0 Å². The summed E-state index contributed by atoms with van der Waals surface area (Å²) in [4.78, 5) is 16.9. The minimum atomic E-state index is 0.451. The Kier molecular flexibility index (Phi) is 5.27. The van der Waals surface area contributed by atoms with Crippen LogP contribution in [0.25, 0.3) is 39.5 Å². The molecule has 0 atom stereocenters. The number of nitrogens with one attached hydrogen (secondary N) is 1. The molecule has 0 saturated carbocycles. The SMILES string of the molecule is Nc1ncccc1-c1nc2ccc(-c3ccccc3)nc2n1-c1ccc(CN2CCC3(CNC3)C2)cc1. The fourth-order valence-corrected chi connectivity index (χ4v) is 5.70. The quantitative estimate of drug-likeness (QED) is 0.379. The normalized spacial score (nSPS) is 16.9. The van der Waals surface area contributed by atoms with E-state index < -0.39 is 0 Å². The van der Waals surface area contributed by atoms with Crippen LogP contribution >= 0.6 is 0 Å². The summed E-state index contributed by atoms with van der Waals surface area (Å²) in [6.07, 6.45) is 3.00. The van der Waals surface area contributed by atoms with E-state index in [1.165, 1.54) is 25.1 Å². The van der Waals surface area contributed by atoms with Gasteiger partial charge in [-0.2, -0.15) is 0 Å². The molecule has 184 valence electrons. The van der Waals surface area contributed by atoms with Gasteiger partial charge < -0.3 is 11.1 Å². The fraction of sp³-hybridized carbons (Fsp3) is 0.233. The number of likely N-dealkylation sites (tertiary alicyclic amines) is 1. The number of pyridine rings is 2. The Morgan fingerprint density at radius 2 is 1.73 bits per heavy atom. The number of fused-ring (bicyclic) bond motifs is 1. The number of nitrogens with zero attached hydrogens (tertiary/aromatic N) is 5. The number of benzene rings is 2. The minimum absolute atomic E-state index is 0.451. The molecule has 5 heterocycles. The second kappa shape index (κ2) is 8.80. The van der Waals surface area contributed by atoms with Crippen molar-refractivity contribution in [2.75, 3.05) is 31.9 Å². The lowest BCUT2D eigenvalue weighted by atomic mass is 9.81. The van der Waals surface area contributed by atoms with E-state index in [-0.39, 0.29) is 0 Å². The third-order valence-electron chi connectivity index (χ3n) is 7.77. The fourth-order valence-electron chi connectivity index (χ4n) is 5.70. The third kappa shape index (κ3) is 3.97. The molecule has 37 heavy (non-hydrogen) atoms. The number of anilines is 1. The maximum Gasteiger partial charge on any atom is 0.165 e. The van der Waals surface area contributed by atoms with Crippen molar-refractivity contribution in [3.8, 4) is 28.3 Å². The van der Waals surface area contributed by atoms with Crippen molar-refractivity contribution in [2.24, 2.45) is 5.41 Å². The Labute approximate surface area is 216 Å². The van der Waals surface area contributed by atoms with Crippen molar-refractivity contribution in [3.63, 3.8) is 0 Å². The van der Waals surface area contributed by atoms with Crippen LogP contribution in [0.4, 0.5) is 5.82 Å². The molecular weight excluding hydrogens is 458 g/mol. The van der Waals surface area contributed by atoms with Crippen LogP contribution in [0.3, 0.4) is 0 Å². The molecule has 3 aromatic heterocycles. The van der Waals surface area contributed by atoms with Gasteiger partial charge in [-0.15, -0.1) is 0 Å². The summed E-state index contributed by atoms with van der Waals surface area (Å²) in [5.41, 5.74) is 13.5. The molecule has 5 aromatic rings. The molecule has 7 heteroatoms. The monoisotopic (exact) mass is 487 g/mol. The van der Waals surface area contributed by atoms with Gasteiger partial charge >= 0.3 is 0 Å². The molecule has 2 fully saturated rings. The van der Waals surface area contributed by atoms with Crippen LogP contribution in [0.2, 0.25) is 0 Å². The Morgan fingerprint density at radius 1 is 0.892 bits per heavy atom. The van der Waals surface area contributed by atoms with Crippen LogP contribution in [-0.4, -0.2) is 50.6 Å². The van der Waals surface area contributed by atoms with Crippen LogP contribution in [0.15, 0.2) is 85.1 Å². The topological polar surface area (TPSA) is 84.9 Å². The molecular formula is C30H29N7. The van der Waals surface area contributed by atoms with Gasteiger partial charge in [-0.1, -0.05) is 42.5 Å². The molecule has 2 saturated heterocycles. The molecule has 0 amide bonds. The predicted molar refractivity (Wildman–Crippen MR) is 147 cm³/mol. The molecule has 2 aliphatic rings. The summed E-state index contributed by atoms with van der Waals surface area (Å²) < 4.78 is 2.10. The van der Waals surface area contributed by atoms with Crippen LogP contribution in [0.1, 0.15) is 12.0 Å². The molecule has 2 aliphatic heterocycles. The second-order valence-corrected chi connectivity index (χ2v) is 10.3. The smallest absolute Gasteiger partial charge is 0.165 e. The summed E-state index contributed by atoms with van der Waals surface area (Å²) in [5, 5.41) is 3.45. The second-order valence-electron chi connectivity index (χ2n) is 10.3. The van der Waals surface area contributed by atoms with Crippen molar-refractivity contribution in [2.45, 2.75) is 13.0 Å². The van der Waals surface area contributed by atoms with Gasteiger partial charge in [0.25, 0.3) is 0 Å². The van der Waals surface area contributed by atoms with Crippen molar-refractivity contribution < 1.29 is 0 Å². The van der Waals surface area contributed by atoms with E-state index in [2.05, 4.69) is 56.2 Å². The maximum absolute atomic E-state index is 6.30. The standard InChI is InChI=1S/C30H29N7/c31-27-24(7-4-15-33-27)28-35-26-13-12-25(22-5-2-1-3-6-22)34-29(26)37(28)23-10-8-21(9-11-23)17-36-16-14-30(20-36)18-32-19-30/h1-13,15,32H,14,16-20H2,(H2,31,33). The van der Waals surface area contributed by atoms with Gasteiger partial charge in [0.05, 0.1) is 11.3 Å². The summed E-state index contributed by atoms with van der Waals surface area (Å²) in [5.74, 6) is 1.19. The van der Waals surface area contributed by atoms with E-state index in [0.717, 1.165) is 59.1 Å². The van der Waals surface area contributed by atoms with Crippen LogP contribution in [0, 0.1) is 5.41 Å². The molecule has 0 bridgehead atoms. The van der Waals surface area contributed by atoms with E-state index in [1.807, 2.05) is 42.5 Å². The average molecular weight is 488 g/mol. The highest BCUT2D eigenvalue weighted by molar-refractivity contribution is 5.84. The Morgan fingerprint density at radius 3 is 2.46 bits per heavy atom. The number of imidazole rings is 1. The van der Waals surface area contributed by atoms with E-state index in [9.17, 15) is 0 Å². The van der Waals surface area contributed by atoms with Crippen LogP contribution in [-0.2, 0) is 6.54 Å². The minimum Gasteiger partial charge on any atom is -0.383 e. The lowest BCUT2D eigenvalue weighted by molar-refractivity contribution is 0.167. The lowest BCUT2D eigenvalue weighted by Crippen LogP contribution is -2.54. The zero-order valence-electron chi connectivity index (χ0n) is 20.6. The first-order valence-corrected chi connectivity index (χ1v) is 12.9. The molecule has 2 aromatic carbocycles. The van der Waals surface area contributed by atoms with Crippen LogP contribution < -0.4 is 11.1 Å². The van der Waals surface area contributed by atoms with E-state index >= 15 is 0 Å². The van der Waals surface area contributed by atoms with E-state index in [0.29, 0.717) is 11.2 Å². The first-order chi connectivity index (χ1) is 18.2. The largest absolute Gasteiger partial charge is 0.383 e. The van der Waals surface area contributed by atoms with Crippen molar-refractivity contribution >= 4 is 17.0 Å². The number of nitrogens with two attached hydrogens (primary N) is 1. The first-order valence-electron chi connectivity index (χ1n) is 12.9. The lowest BCUT2D eigenvalue weighted by Gasteiger charge is -2.39. The molecule has 0 unspecified atom stereocenters. The van der Waals surface area contributed by atoms with E-state index in [1.54, 1.807) is 6.20 Å². The van der Waals surface area contributed by atoms with Gasteiger partial charge in [0.1, 0.15) is 11.3 Å². The summed E-state index contributed by atoms with van der Waals surface area (Å²) in [7, 11) is 0. The van der Waals surface area contributed by atoms with Gasteiger partial charge in [0, 0.05) is 49.0 Å². The van der Waals surface area contributed by atoms with Gasteiger partial charge in [0.2, 0.25) is 0 Å². The Hall–Kier alpha value is -4.07. The Balaban J connectivity index is 1.29. The Bertz CT molecular complexity index is 1570. The summed E-state index contributed by atoms with van der Waals surface area (Å²) in [6.45, 7) is 5.66. The molecule has 1 spiro atoms. The van der Waals surface area contributed by atoms with Crippen molar-refractivity contribution in [1.82, 2.24) is 29.7 Å². The molecule has 7 nitrogen and oxygen atoms in total. The maximum atomic E-state index is 6.30. The molecule has 3 N–H and O–H groups in total. The number of aromatic nitrogens is 4. The highest BCUT2D eigenvalue weighted by Gasteiger charge is 2.42.